The highest BCUT2D eigenvalue weighted by Gasteiger charge is 2.16. The molecule has 0 unspecified atom stereocenters. The molecule has 4 heterocycles. The van der Waals surface area contributed by atoms with Gasteiger partial charge in [-0.15, -0.1) is 0 Å². The van der Waals surface area contributed by atoms with Gasteiger partial charge in [0.15, 0.2) is 0 Å². The Labute approximate surface area is 299 Å². The maximum Gasteiger partial charge on any atom is 0.0973 e. The van der Waals surface area contributed by atoms with Gasteiger partial charge in [0.1, 0.15) is 0 Å². The van der Waals surface area contributed by atoms with Crippen LogP contribution in [0.25, 0.3) is 110 Å². The lowest BCUT2D eigenvalue weighted by molar-refractivity contribution is 1.27. The van der Waals surface area contributed by atoms with Crippen molar-refractivity contribution in [1.82, 2.24) is 19.9 Å². The Bertz CT molecular complexity index is 3190. The summed E-state index contributed by atoms with van der Waals surface area (Å²) in [7, 11) is 0. The summed E-state index contributed by atoms with van der Waals surface area (Å²) in [6.45, 7) is 0. The molecule has 0 fully saturated rings. The lowest BCUT2D eigenvalue weighted by Crippen LogP contribution is -1.92. The first-order chi connectivity index (χ1) is 25.7. The number of benzene rings is 7. The highest BCUT2D eigenvalue weighted by atomic mass is 14.8. The van der Waals surface area contributed by atoms with Crippen molar-refractivity contribution in [2.45, 2.75) is 0 Å². The van der Waals surface area contributed by atoms with E-state index in [2.05, 4.69) is 132 Å². The molecule has 7 aromatic carbocycles. The second-order valence-corrected chi connectivity index (χ2v) is 13.5. The van der Waals surface area contributed by atoms with E-state index >= 15 is 0 Å². The van der Waals surface area contributed by atoms with Gasteiger partial charge >= 0.3 is 0 Å². The van der Waals surface area contributed by atoms with Crippen LogP contribution in [0.15, 0.2) is 170 Å². The van der Waals surface area contributed by atoms with Gasteiger partial charge in [-0.3, -0.25) is 9.97 Å². The number of hydrogen-bond acceptors (Lipinski definition) is 4. The van der Waals surface area contributed by atoms with Crippen LogP contribution in [0.4, 0.5) is 0 Å². The average Bonchev–Trinajstić information content (AvgIpc) is 3.22. The summed E-state index contributed by atoms with van der Waals surface area (Å²) in [4.78, 5) is 19.6. The van der Waals surface area contributed by atoms with E-state index in [9.17, 15) is 0 Å². The second kappa shape index (κ2) is 11.2. The summed E-state index contributed by atoms with van der Waals surface area (Å²) in [5, 5.41) is 10.8. The molecule has 52 heavy (non-hydrogen) atoms. The maximum absolute atomic E-state index is 5.24. The number of fused-ring (bicyclic) bond motifs is 4. The predicted molar refractivity (Wildman–Crippen MR) is 216 cm³/mol. The third-order valence-electron chi connectivity index (χ3n) is 10.5. The van der Waals surface area contributed by atoms with Crippen molar-refractivity contribution in [2.24, 2.45) is 0 Å². The van der Waals surface area contributed by atoms with Crippen molar-refractivity contribution < 1.29 is 0 Å². The van der Waals surface area contributed by atoms with Gasteiger partial charge in [0.25, 0.3) is 0 Å². The van der Waals surface area contributed by atoms with E-state index < -0.39 is 0 Å². The lowest BCUT2D eigenvalue weighted by Gasteiger charge is -2.17. The first-order valence-corrected chi connectivity index (χ1v) is 17.5. The molecule has 11 aromatic rings. The first kappa shape index (κ1) is 28.8. The molecule has 0 aliphatic heterocycles. The molecule has 0 N–H and O–H groups in total. The fourth-order valence-electron chi connectivity index (χ4n) is 7.95. The molecule has 0 saturated carbocycles. The van der Waals surface area contributed by atoms with E-state index in [-0.39, 0.29) is 0 Å². The van der Waals surface area contributed by atoms with Crippen LogP contribution in [0.5, 0.6) is 0 Å². The third kappa shape index (κ3) is 4.48. The molecule has 4 nitrogen and oxygen atoms in total. The second-order valence-electron chi connectivity index (χ2n) is 13.5. The van der Waals surface area contributed by atoms with Crippen LogP contribution in [0.2, 0.25) is 0 Å². The number of para-hydroxylation sites is 1. The molecule has 0 spiro atoms. The normalized spacial score (nSPS) is 11.8. The number of aromatic nitrogens is 4. The van der Waals surface area contributed by atoms with Crippen LogP contribution in [0.3, 0.4) is 0 Å². The van der Waals surface area contributed by atoms with Gasteiger partial charge in [-0.2, -0.15) is 0 Å². The van der Waals surface area contributed by atoms with Gasteiger partial charge in [-0.05, 0) is 91.5 Å². The highest BCUT2D eigenvalue weighted by Crippen LogP contribution is 2.43. The van der Waals surface area contributed by atoms with Crippen molar-refractivity contribution in [3.8, 4) is 44.9 Å². The van der Waals surface area contributed by atoms with E-state index in [1.165, 1.54) is 43.4 Å². The largest absolute Gasteiger partial charge is 0.256 e. The molecule has 0 radical (unpaired) electrons. The van der Waals surface area contributed by atoms with Crippen LogP contribution in [0, 0.1) is 0 Å². The van der Waals surface area contributed by atoms with E-state index in [0.717, 1.165) is 66.5 Å². The van der Waals surface area contributed by atoms with Crippen LogP contribution >= 0.6 is 0 Å². The Kier molecular flexibility index (Phi) is 6.22. The van der Waals surface area contributed by atoms with E-state index in [1.807, 2.05) is 36.5 Å². The smallest absolute Gasteiger partial charge is 0.0973 e. The Morgan fingerprint density at radius 3 is 1.71 bits per heavy atom. The zero-order valence-corrected chi connectivity index (χ0v) is 28.0. The SMILES string of the molecule is c1ccc(-c2ccc3ccc4ccc(-c5cccc(-c6ccc7ccc8c(-c9cnc%10ccccc%10c9)ccc9ccc6c7c98)c5)nc4c3n2)nc1. The Morgan fingerprint density at radius 2 is 0.962 bits per heavy atom. The lowest BCUT2D eigenvalue weighted by atomic mass is 9.87. The van der Waals surface area contributed by atoms with E-state index in [1.54, 1.807) is 6.20 Å². The highest BCUT2D eigenvalue weighted by molar-refractivity contribution is 6.27. The molecule has 0 bridgehead atoms. The topological polar surface area (TPSA) is 51.6 Å². The number of rotatable bonds is 4. The molecule has 0 aliphatic carbocycles. The van der Waals surface area contributed by atoms with Gasteiger partial charge < -0.3 is 0 Å². The minimum atomic E-state index is 0.838. The Morgan fingerprint density at radius 1 is 0.346 bits per heavy atom. The first-order valence-electron chi connectivity index (χ1n) is 17.5. The van der Waals surface area contributed by atoms with Gasteiger partial charge in [-0.25, -0.2) is 9.97 Å². The fourth-order valence-corrected chi connectivity index (χ4v) is 7.95. The third-order valence-corrected chi connectivity index (χ3v) is 10.5. The summed E-state index contributed by atoms with van der Waals surface area (Å²) in [6, 6.07) is 56.0. The fraction of sp³-hybridized carbons (Fsp3) is 0. The number of pyridine rings is 4. The molecular formula is C48H28N4. The number of hydrogen-bond donors (Lipinski definition) is 0. The molecule has 0 amide bonds. The van der Waals surface area contributed by atoms with Gasteiger partial charge in [0.2, 0.25) is 0 Å². The van der Waals surface area contributed by atoms with Crippen LogP contribution in [-0.4, -0.2) is 19.9 Å². The van der Waals surface area contributed by atoms with Crippen molar-refractivity contribution in [3.63, 3.8) is 0 Å². The molecule has 4 heteroatoms. The Balaban J connectivity index is 1.05. The molecule has 0 saturated heterocycles. The van der Waals surface area contributed by atoms with Crippen molar-refractivity contribution in [2.75, 3.05) is 0 Å². The standard InChI is InChI=1S/C48H28N4/c1-2-9-41-34(6-1)27-36(28-50-41)38-20-14-30-15-21-39-37(19-13-29-16-22-40(38)46(30)45(29)39)33-7-5-8-35(26-33)42-23-17-31-11-12-32-18-24-44(43-10-3-4-25-49-43)52-48(32)47(31)51-42/h1-28H. The molecule has 240 valence electrons. The van der Waals surface area contributed by atoms with Crippen molar-refractivity contribution in [3.05, 3.63) is 170 Å². The van der Waals surface area contributed by atoms with Crippen LogP contribution in [-0.2, 0) is 0 Å². The summed E-state index contributed by atoms with van der Waals surface area (Å²) < 4.78 is 0. The molecule has 0 atom stereocenters. The van der Waals surface area contributed by atoms with Gasteiger partial charge in [0.05, 0.1) is 33.6 Å². The maximum atomic E-state index is 5.24. The predicted octanol–water partition coefficient (Wildman–Crippen LogP) is 12.3. The molecule has 0 aliphatic rings. The number of nitrogens with zero attached hydrogens (tertiary/aromatic N) is 4. The van der Waals surface area contributed by atoms with Crippen LogP contribution in [0.1, 0.15) is 0 Å². The van der Waals surface area contributed by atoms with Gasteiger partial charge in [-0.1, -0.05) is 115 Å². The van der Waals surface area contributed by atoms with E-state index in [4.69, 9.17) is 15.0 Å². The minimum absolute atomic E-state index is 0.838. The quantitative estimate of drug-likeness (QED) is 0.176. The van der Waals surface area contributed by atoms with Gasteiger partial charge in [0, 0.05) is 39.7 Å². The van der Waals surface area contributed by atoms with E-state index in [0.29, 0.717) is 0 Å². The Hall–Kier alpha value is -7.04. The zero-order valence-electron chi connectivity index (χ0n) is 28.0. The molecule has 11 rings (SSSR count). The minimum Gasteiger partial charge on any atom is -0.256 e. The summed E-state index contributed by atoms with van der Waals surface area (Å²) in [5.41, 5.74) is 11.1. The molecule has 4 aromatic heterocycles. The van der Waals surface area contributed by atoms with Crippen molar-refractivity contribution >= 4 is 65.0 Å². The summed E-state index contributed by atoms with van der Waals surface area (Å²) in [6.07, 6.45) is 3.81. The summed E-state index contributed by atoms with van der Waals surface area (Å²) >= 11 is 0. The van der Waals surface area contributed by atoms with Crippen LogP contribution < -0.4 is 0 Å². The van der Waals surface area contributed by atoms with Crippen molar-refractivity contribution in [1.29, 1.82) is 0 Å². The zero-order chi connectivity index (χ0) is 34.2. The monoisotopic (exact) mass is 660 g/mol. The average molecular weight is 661 g/mol. The summed E-state index contributed by atoms with van der Waals surface area (Å²) in [5.74, 6) is 0. The molecular weight excluding hydrogens is 633 g/mol.